The quantitative estimate of drug-likeness (QED) is 0.568. The molecule has 0 aliphatic carbocycles. The molecule has 0 aliphatic rings. The van der Waals surface area contributed by atoms with Crippen LogP contribution < -0.4 is 10.6 Å². The molecule has 24 heavy (non-hydrogen) atoms. The van der Waals surface area contributed by atoms with Crippen molar-refractivity contribution in [2.45, 2.75) is 13.3 Å². The second-order valence-electron chi connectivity index (χ2n) is 5.68. The van der Waals surface area contributed by atoms with Gasteiger partial charge in [0.1, 0.15) is 0 Å². The molecule has 0 radical (unpaired) electrons. The molecule has 0 fully saturated rings. The Bertz CT molecular complexity index is 809. The Morgan fingerprint density at radius 3 is 1.58 bits per heavy atom. The predicted octanol–water partition coefficient (Wildman–Crippen LogP) is 5.45. The molecule has 0 aromatic heterocycles. The average molecular weight is 332 g/mol. The Hall–Kier alpha value is -2.37. The highest BCUT2D eigenvalue weighted by molar-refractivity contribution is 7.82. The van der Waals surface area contributed by atoms with Gasteiger partial charge in [-0.25, -0.2) is 0 Å². The Kier molecular flexibility index (Phi) is 5.13. The van der Waals surface area contributed by atoms with Crippen LogP contribution in [-0.4, -0.2) is 0 Å². The molecule has 120 valence electrons. The van der Waals surface area contributed by atoms with E-state index in [1.54, 1.807) is 0 Å². The maximum absolute atomic E-state index is 14.3. The third-order valence-corrected chi connectivity index (χ3v) is 7.44. The lowest BCUT2D eigenvalue weighted by molar-refractivity contribution is 0.590. The molecule has 2 heteroatoms. The molecule has 0 unspecified atom stereocenters. The van der Waals surface area contributed by atoms with E-state index in [0.29, 0.717) is 0 Å². The highest BCUT2D eigenvalue weighted by atomic mass is 31.2. The van der Waals surface area contributed by atoms with Gasteiger partial charge in [-0.3, -0.25) is 0 Å². The Balaban J connectivity index is 2.21. The molecule has 3 aromatic carbocycles. The SMILES string of the molecule is CC/C(=C/c1ccccc1)P(=O)(c1ccccc1)c1ccccc1. The summed E-state index contributed by atoms with van der Waals surface area (Å²) in [5.74, 6) is 0. The van der Waals surface area contributed by atoms with Crippen LogP contribution in [0.15, 0.2) is 96.3 Å². The van der Waals surface area contributed by atoms with E-state index >= 15 is 0 Å². The van der Waals surface area contributed by atoms with E-state index in [9.17, 15) is 4.57 Å². The van der Waals surface area contributed by atoms with Crippen molar-refractivity contribution < 1.29 is 4.57 Å². The number of allylic oxidation sites excluding steroid dienone is 1. The van der Waals surface area contributed by atoms with Gasteiger partial charge in [-0.2, -0.15) is 0 Å². The summed E-state index contributed by atoms with van der Waals surface area (Å²) in [4.78, 5) is 0. The van der Waals surface area contributed by atoms with Crippen molar-refractivity contribution in [1.29, 1.82) is 0 Å². The summed E-state index contributed by atoms with van der Waals surface area (Å²) in [5, 5.41) is 2.76. The van der Waals surface area contributed by atoms with Gasteiger partial charge in [-0.1, -0.05) is 97.9 Å². The summed E-state index contributed by atoms with van der Waals surface area (Å²) in [6.07, 6.45) is 2.83. The van der Waals surface area contributed by atoms with Gasteiger partial charge in [-0.15, -0.1) is 0 Å². The number of rotatable bonds is 5. The van der Waals surface area contributed by atoms with E-state index in [1.807, 2.05) is 78.9 Å². The number of benzene rings is 3. The van der Waals surface area contributed by atoms with E-state index in [4.69, 9.17) is 0 Å². The molecule has 0 spiro atoms. The fraction of sp³-hybridized carbons (Fsp3) is 0.0909. The minimum absolute atomic E-state index is 0.746. The van der Waals surface area contributed by atoms with Crippen LogP contribution in [-0.2, 0) is 4.57 Å². The first-order valence-electron chi connectivity index (χ1n) is 8.22. The highest BCUT2D eigenvalue weighted by Crippen LogP contribution is 2.53. The molecule has 0 aliphatic heterocycles. The van der Waals surface area contributed by atoms with Gasteiger partial charge in [0.25, 0.3) is 0 Å². The van der Waals surface area contributed by atoms with Crippen molar-refractivity contribution >= 4 is 23.8 Å². The molecule has 1 nitrogen and oxygen atoms in total. The van der Waals surface area contributed by atoms with Crippen LogP contribution in [0.3, 0.4) is 0 Å². The molecule has 0 heterocycles. The number of hydrogen-bond donors (Lipinski definition) is 0. The average Bonchev–Trinajstić information content (AvgIpc) is 2.67. The van der Waals surface area contributed by atoms with Gasteiger partial charge in [0.05, 0.1) is 0 Å². The molecule has 0 saturated carbocycles. The Morgan fingerprint density at radius 1 is 0.750 bits per heavy atom. The van der Waals surface area contributed by atoms with Crippen LogP contribution in [0.1, 0.15) is 18.9 Å². The Morgan fingerprint density at radius 2 is 1.17 bits per heavy atom. The zero-order valence-electron chi connectivity index (χ0n) is 13.8. The topological polar surface area (TPSA) is 17.1 Å². The van der Waals surface area contributed by atoms with Gasteiger partial charge in [0, 0.05) is 10.6 Å². The Labute approximate surface area is 144 Å². The summed E-state index contributed by atoms with van der Waals surface area (Å²) >= 11 is 0. The monoisotopic (exact) mass is 332 g/mol. The van der Waals surface area contributed by atoms with Gasteiger partial charge < -0.3 is 4.57 Å². The fourth-order valence-corrected chi connectivity index (χ4v) is 5.84. The lowest BCUT2D eigenvalue weighted by Crippen LogP contribution is -2.17. The lowest BCUT2D eigenvalue weighted by atomic mass is 10.2. The molecule has 3 aromatic rings. The molecular weight excluding hydrogens is 311 g/mol. The summed E-state index contributed by atoms with van der Waals surface area (Å²) in [5.41, 5.74) is 1.08. The van der Waals surface area contributed by atoms with Crippen molar-refractivity contribution in [3.63, 3.8) is 0 Å². The maximum atomic E-state index is 14.3. The third kappa shape index (κ3) is 3.27. The predicted molar refractivity (Wildman–Crippen MR) is 104 cm³/mol. The zero-order chi connectivity index (χ0) is 16.8. The first kappa shape index (κ1) is 16.5. The standard InChI is InChI=1S/C22H21OP/c1-2-20(18-19-12-6-3-7-13-19)24(23,21-14-8-4-9-15-21)22-16-10-5-11-17-22/h3-18H,2H2,1H3/b20-18-. The molecule has 3 rings (SSSR count). The maximum Gasteiger partial charge on any atom is 0.167 e. The molecular formula is C22H21OP. The second-order valence-corrected chi connectivity index (χ2v) is 8.51. The summed E-state index contributed by atoms with van der Waals surface area (Å²) < 4.78 is 14.3. The van der Waals surface area contributed by atoms with E-state index in [0.717, 1.165) is 27.9 Å². The van der Waals surface area contributed by atoms with E-state index in [2.05, 4.69) is 25.1 Å². The zero-order valence-corrected chi connectivity index (χ0v) is 14.7. The largest absolute Gasteiger partial charge is 0.309 e. The van der Waals surface area contributed by atoms with Gasteiger partial charge >= 0.3 is 0 Å². The molecule has 0 saturated heterocycles. The van der Waals surface area contributed by atoms with Crippen molar-refractivity contribution in [1.82, 2.24) is 0 Å². The lowest BCUT2D eigenvalue weighted by Gasteiger charge is -2.22. The van der Waals surface area contributed by atoms with Gasteiger partial charge in [-0.05, 0) is 23.4 Å². The van der Waals surface area contributed by atoms with E-state index < -0.39 is 7.14 Å². The highest BCUT2D eigenvalue weighted by Gasteiger charge is 2.30. The van der Waals surface area contributed by atoms with Gasteiger partial charge in [0.2, 0.25) is 0 Å². The van der Waals surface area contributed by atoms with E-state index in [-0.39, 0.29) is 0 Å². The second kappa shape index (κ2) is 7.47. The first-order valence-corrected chi connectivity index (χ1v) is 9.93. The normalized spacial score (nSPS) is 12.1. The van der Waals surface area contributed by atoms with Crippen LogP contribution in [0.25, 0.3) is 6.08 Å². The smallest absolute Gasteiger partial charge is 0.167 e. The van der Waals surface area contributed by atoms with Crippen LogP contribution in [0.2, 0.25) is 0 Å². The summed E-state index contributed by atoms with van der Waals surface area (Å²) in [6.45, 7) is 2.08. The third-order valence-electron chi connectivity index (χ3n) is 4.14. The molecule has 0 amide bonds. The minimum Gasteiger partial charge on any atom is -0.309 e. The van der Waals surface area contributed by atoms with Crippen molar-refractivity contribution in [3.05, 3.63) is 102 Å². The van der Waals surface area contributed by atoms with Crippen molar-refractivity contribution in [2.75, 3.05) is 0 Å². The van der Waals surface area contributed by atoms with Crippen LogP contribution in [0.4, 0.5) is 0 Å². The first-order chi connectivity index (χ1) is 11.7. The van der Waals surface area contributed by atoms with Crippen molar-refractivity contribution in [2.24, 2.45) is 0 Å². The molecule has 0 bridgehead atoms. The molecule has 0 N–H and O–H groups in total. The minimum atomic E-state index is -2.84. The number of hydrogen-bond acceptors (Lipinski definition) is 1. The fourth-order valence-electron chi connectivity index (χ4n) is 2.91. The van der Waals surface area contributed by atoms with Crippen LogP contribution >= 0.6 is 7.14 Å². The summed E-state index contributed by atoms with van der Waals surface area (Å²) in [6, 6.07) is 29.8. The molecule has 0 atom stereocenters. The van der Waals surface area contributed by atoms with Crippen LogP contribution in [0.5, 0.6) is 0 Å². The van der Waals surface area contributed by atoms with Crippen molar-refractivity contribution in [3.8, 4) is 0 Å². The van der Waals surface area contributed by atoms with E-state index in [1.165, 1.54) is 0 Å². The van der Waals surface area contributed by atoms with Gasteiger partial charge in [0.15, 0.2) is 7.14 Å². The summed E-state index contributed by atoms with van der Waals surface area (Å²) in [7, 11) is -2.84. The van der Waals surface area contributed by atoms with Crippen LogP contribution in [0, 0.1) is 0 Å².